The van der Waals surface area contributed by atoms with E-state index in [1.165, 1.54) is 5.56 Å². The third-order valence-electron chi connectivity index (χ3n) is 3.20. The van der Waals surface area contributed by atoms with Crippen LogP contribution in [0.4, 0.5) is 5.69 Å². The summed E-state index contributed by atoms with van der Waals surface area (Å²) in [5, 5.41) is 3.90. The Labute approximate surface area is 134 Å². The lowest BCUT2D eigenvalue weighted by molar-refractivity contribution is -0.113. The van der Waals surface area contributed by atoms with Gasteiger partial charge < -0.3 is 5.32 Å². The van der Waals surface area contributed by atoms with Crippen LogP contribution >= 0.6 is 23.4 Å². The molecule has 2 aromatic carbocycles. The number of anilines is 1. The second-order valence-electron chi connectivity index (χ2n) is 4.87. The Morgan fingerprint density at radius 2 is 1.95 bits per heavy atom. The number of rotatable bonds is 5. The van der Waals surface area contributed by atoms with E-state index in [9.17, 15) is 4.79 Å². The van der Waals surface area contributed by atoms with Crippen molar-refractivity contribution in [1.29, 1.82) is 0 Å². The van der Waals surface area contributed by atoms with Crippen LogP contribution in [0.3, 0.4) is 0 Å². The largest absolute Gasteiger partial charge is 0.325 e. The SMILES string of the molecule is Cc1cc(Cl)ccc1NC(=O)CS[C@H](C)c1ccccc1. The number of thioether (sulfide) groups is 1. The van der Waals surface area contributed by atoms with Gasteiger partial charge in [-0.1, -0.05) is 41.9 Å². The van der Waals surface area contributed by atoms with Gasteiger partial charge in [-0.05, 0) is 43.2 Å². The van der Waals surface area contributed by atoms with Gasteiger partial charge in [0.05, 0.1) is 5.75 Å². The van der Waals surface area contributed by atoms with E-state index >= 15 is 0 Å². The zero-order valence-electron chi connectivity index (χ0n) is 12.1. The van der Waals surface area contributed by atoms with Crippen molar-refractivity contribution >= 4 is 35.0 Å². The lowest BCUT2D eigenvalue weighted by Gasteiger charge is -2.12. The molecule has 1 N–H and O–H groups in total. The van der Waals surface area contributed by atoms with Crippen molar-refractivity contribution in [3.8, 4) is 0 Å². The molecule has 0 aliphatic carbocycles. The van der Waals surface area contributed by atoms with Gasteiger partial charge in [-0.15, -0.1) is 11.8 Å². The molecular formula is C17H18ClNOS. The normalized spacial score (nSPS) is 12.0. The molecular weight excluding hydrogens is 302 g/mol. The Morgan fingerprint density at radius 1 is 1.24 bits per heavy atom. The molecule has 4 heteroatoms. The topological polar surface area (TPSA) is 29.1 Å². The summed E-state index contributed by atoms with van der Waals surface area (Å²) < 4.78 is 0. The Kier molecular flexibility index (Phi) is 5.71. The first kappa shape index (κ1) is 15.9. The molecule has 0 fully saturated rings. The fourth-order valence-electron chi connectivity index (χ4n) is 1.97. The quantitative estimate of drug-likeness (QED) is 0.832. The molecule has 2 nitrogen and oxygen atoms in total. The predicted octanol–water partition coefficient (Wildman–Crippen LogP) is 5.08. The fraction of sp³-hybridized carbons (Fsp3) is 0.235. The molecule has 0 aliphatic heterocycles. The Hall–Kier alpha value is -1.45. The monoisotopic (exact) mass is 319 g/mol. The summed E-state index contributed by atoms with van der Waals surface area (Å²) in [6.07, 6.45) is 0. The summed E-state index contributed by atoms with van der Waals surface area (Å²) in [5.74, 6) is 0.436. The average molecular weight is 320 g/mol. The van der Waals surface area contributed by atoms with Crippen LogP contribution in [-0.4, -0.2) is 11.7 Å². The molecule has 0 radical (unpaired) electrons. The molecule has 0 spiro atoms. The third-order valence-corrected chi connectivity index (χ3v) is 4.63. The van der Waals surface area contributed by atoms with Crippen molar-refractivity contribution in [2.45, 2.75) is 19.1 Å². The van der Waals surface area contributed by atoms with Crippen LogP contribution in [0.25, 0.3) is 0 Å². The van der Waals surface area contributed by atoms with Crippen LogP contribution in [0.5, 0.6) is 0 Å². The van der Waals surface area contributed by atoms with Crippen LogP contribution < -0.4 is 5.32 Å². The van der Waals surface area contributed by atoms with Gasteiger partial charge in [0.15, 0.2) is 0 Å². The number of amides is 1. The molecule has 0 saturated heterocycles. The van der Waals surface area contributed by atoms with E-state index in [1.54, 1.807) is 17.8 Å². The van der Waals surface area contributed by atoms with Crippen LogP contribution in [0, 0.1) is 6.92 Å². The van der Waals surface area contributed by atoms with Crippen LogP contribution in [-0.2, 0) is 4.79 Å². The van der Waals surface area contributed by atoms with E-state index in [0.29, 0.717) is 16.0 Å². The number of hydrogen-bond donors (Lipinski definition) is 1. The molecule has 21 heavy (non-hydrogen) atoms. The summed E-state index contributed by atoms with van der Waals surface area (Å²) in [6, 6.07) is 15.7. The summed E-state index contributed by atoms with van der Waals surface area (Å²) in [5.41, 5.74) is 3.02. The molecule has 110 valence electrons. The first-order chi connectivity index (χ1) is 10.1. The first-order valence-electron chi connectivity index (χ1n) is 6.79. The number of halogens is 1. The minimum absolute atomic E-state index is 0.00760. The van der Waals surface area contributed by atoms with Gasteiger partial charge in [0, 0.05) is 16.0 Å². The molecule has 1 atom stereocenters. The molecule has 0 saturated carbocycles. The number of carbonyl (C=O) groups is 1. The van der Waals surface area contributed by atoms with Crippen LogP contribution in [0.15, 0.2) is 48.5 Å². The van der Waals surface area contributed by atoms with Crippen molar-refractivity contribution < 1.29 is 4.79 Å². The maximum absolute atomic E-state index is 12.0. The van der Waals surface area contributed by atoms with Gasteiger partial charge in [-0.3, -0.25) is 4.79 Å². The minimum Gasteiger partial charge on any atom is -0.325 e. The highest BCUT2D eigenvalue weighted by atomic mass is 35.5. The van der Waals surface area contributed by atoms with Gasteiger partial charge in [0.1, 0.15) is 0 Å². The lowest BCUT2D eigenvalue weighted by Crippen LogP contribution is -2.15. The standard InChI is InChI=1S/C17H18ClNOS/c1-12-10-15(18)8-9-16(12)19-17(20)11-21-13(2)14-6-4-3-5-7-14/h3-10,13H,11H2,1-2H3,(H,19,20)/t13-/m1/s1. The third kappa shape index (κ3) is 4.80. The van der Waals surface area contributed by atoms with E-state index in [2.05, 4.69) is 24.4 Å². The summed E-state index contributed by atoms with van der Waals surface area (Å²) in [7, 11) is 0. The Morgan fingerprint density at radius 3 is 2.62 bits per heavy atom. The highest BCUT2D eigenvalue weighted by Gasteiger charge is 2.10. The van der Waals surface area contributed by atoms with Gasteiger partial charge in [0.2, 0.25) is 5.91 Å². The van der Waals surface area contributed by atoms with Crippen molar-refractivity contribution in [3.63, 3.8) is 0 Å². The molecule has 0 heterocycles. The smallest absolute Gasteiger partial charge is 0.234 e. The first-order valence-corrected chi connectivity index (χ1v) is 8.21. The Bertz CT molecular complexity index is 615. The van der Waals surface area contributed by atoms with E-state index in [4.69, 9.17) is 11.6 Å². The lowest BCUT2D eigenvalue weighted by atomic mass is 10.2. The highest BCUT2D eigenvalue weighted by molar-refractivity contribution is 8.00. The molecule has 2 aromatic rings. The average Bonchev–Trinajstić information content (AvgIpc) is 2.48. The molecule has 0 bridgehead atoms. The maximum atomic E-state index is 12.0. The van der Waals surface area contributed by atoms with Crippen LogP contribution in [0.2, 0.25) is 5.02 Å². The summed E-state index contributed by atoms with van der Waals surface area (Å²) in [4.78, 5) is 12.0. The number of benzene rings is 2. The fourth-order valence-corrected chi connectivity index (χ4v) is 3.02. The van der Waals surface area contributed by atoms with Crippen molar-refractivity contribution in [2.24, 2.45) is 0 Å². The maximum Gasteiger partial charge on any atom is 0.234 e. The number of nitrogens with one attached hydrogen (secondary N) is 1. The van der Waals surface area contributed by atoms with Crippen LogP contribution in [0.1, 0.15) is 23.3 Å². The van der Waals surface area contributed by atoms with E-state index in [0.717, 1.165) is 11.3 Å². The van der Waals surface area contributed by atoms with E-state index in [-0.39, 0.29) is 5.91 Å². The number of hydrogen-bond acceptors (Lipinski definition) is 2. The zero-order chi connectivity index (χ0) is 15.2. The molecule has 0 aliphatic rings. The molecule has 2 rings (SSSR count). The van der Waals surface area contributed by atoms with Gasteiger partial charge in [0.25, 0.3) is 0 Å². The highest BCUT2D eigenvalue weighted by Crippen LogP contribution is 2.28. The van der Waals surface area contributed by atoms with Gasteiger partial charge in [-0.2, -0.15) is 0 Å². The van der Waals surface area contributed by atoms with Crippen molar-refractivity contribution in [3.05, 3.63) is 64.7 Å². The molecule has 0 unspecified atom stereocenters. The van der Waals surface area contributed by atoms with Crippen molar-refractivity contribution in [1.82, 2.24) is 0 Å². The second kappa shape index (κ2) is 7.53. The number of aryl methyl sites for hydroxylation is 1. The van der Waals surface area contributed by atoms with Gasteiger partial charge >= 0.3 is 0 Å². The van der Waals surface area contributed by atoms with Crippen molar-refractivity contribution in [2.75, 3.05) is 11.1 Å². The summed E-state index contributed by atoms with van der Waals surface area (Å²) in [6.45, 7) is 4.04. The molecule has 0 aromatic heterocycles. The number of carbonyl (C=O) groups excluding carboxylic acids is 1. The van der Waals surface area contributed by atoms with Gasteiger partial charge in [-0.25, -0.2) is 0 Å². The van der Waals surface area contributed by atoms with E-state index in [1.807, 2.05) is 37.3 Å². The Balaban J connectivity index is 1.87. The predicted molar refractivity (Wildman–Crippen MR) is 92.1 cm³/mol. The minimum atomic E-state index is 0.00760. The molecule has 1 amide bonds. The van der Waals surface area contributed by atoms with E-state index < -0.39 is 0 Å². The second-order valence-corrected chi connectivity index (χ2v) is 6.64. The zero-order valence-corrected chi connectivity index (χ0v) is 13.7. The summed E-state index contributed by atoms with van der Waals surface area (Å²) >= 11 is 7.53.